The highest BCUT2D eigenvalue weighted by molar-refractivity contribution is 6.01. The first-order valence-electron chi connectivity index (χ1n) is 14.3. The lowest BCUT2D eigenvalue weighted by atomic mass is 10.2. The number of likely N-dealkylation sites (N-methyl/N-ethyl adjacent to an activating group) is 2. The van der Waals surface area contributed by atoms with Gasteiger partial charge in [-0.3, -0.25) is 9.36 Å². The summed E-state index contributed by atoms with van der Waals surface area (Å²) in [5.41, 5.74) is 8.25. The molecule has 1 atom stereocenters. The number of fused-ring (bicyclic) bond motifs is 1. The van der Waals surface area contributed by atoms with Gasteiger partial charge in [0.15, 0.2) is 11.5 Å². The zero-order chi connectivity index (χ0) is 32.0. The Morgan fingerprint density at radius 1 is 0.956 bits per heavy atom. The standard InChI is InChI=1S/C33H36N7O5/c1-37(29(41)14-9-19-40(2,44-4)20-21-43-3)25-10-8-11-26(22-25)39-32-30(31(34)35-23-36-32)38(33(39)42)24-15-17-28(18-16-24)45-27-12-6-5-7-13-27/h5-18,22-23H,19-21H2,1-4H3,(H2,34,35,36)/q+1/b14-9+. The molecule has 1 amide bonds. The van der Waals surface area contributed by atoms with E-state index in [9.17, 15) is 9.59 Å². The molecule has 0 saturated heterocycles. The Bertz CT molecular complexity index is 1870. The Morgan fingerprint density at radius 3 is 2.40 bits per heavy atom. The minimum absolute atomic E-state index is 0.154. The number of nitrogen functional groups attached to an aromatic ring is 1. The summed E-state index contributed by atoms with van der Waals surface area (Å²) in [5.74, 6) is 1.23. The van der Waals surface area contributed by atoms with Crippen molar-refractivity contribution in [2.24, 2.45) is 0 Å². The Hall–Kier alpha value is -5.30. The number of hydroxylamine groups is 3. The number of ether oxygens (including phenoxy) is 2. The lowest BCUT2D eigenvalue weighted by Crippen LogP contribution is -2.45. The second-order valence-electron chi connectivity index (χ2n) is 10.5. The number of benzene rings is 3. The van der Waals surface area contributed by atoms with Crippen molar-refractivity contribution in [3.63, 3.8) is 0 Å². The molecule has 2 heterocycles. The second kappa shape index (κ2) is 13.6. The maximum atomic E-state index is 14.0. The SMILES string of the molecule is COCC[N+](C)(C/C=C/C(=O)N(C)c1cccc(-n2c(=O)n(-c3ccc(Oc4ccccc4)cc3)c3c(N)ncnc32)c1)OC. The van der Waals surface area contributed by atoms with Crippen LogP contribution in [0.5, 0.6) is 11.5 Å². The molecule has 0 spiro atoms. The molecular formula is C33H36N7O5+. The van der Waals surface area contributed by atoms with E-state index in [4.69, 9.17) is 20.0 Å². The first kappa shape index (κ1) is 31.1. The molecule has 5 aromatic rings. The molecule has 232 valence electrons. The van der Waals surface area contributed by atoms with Gasteiger partial charge in [0.25, 0.3) is 5.91 Å². The van der Waals surface area contributed by atoms with Crippen molar-refractivity contribution in [1.29, 1.82) is 0 Å². The van der Waals surface area contributed by atoms with E-state index in [0.717, 1.165) is 0 Å². The zero-order valence-electron chi connectivity index (χ0n) is 25.7. The van der Waals surface area contributed by atoms with E-state index in [1.165, 1.54) is 26.4 Å². The number of carbonyl (C=O) groups is 1. The van der Waals surface area contributed by atoms with Gasteiger partial charge in [0.2, 0.25) is 0 Å². The number of methoxy groups -OCH3 is 1. The average molecular weight is 611 g/mol. The summed E-state index contributed by atoms with van der Waals surface area (Å²) in [6.45, 7) is 1.64. The smallest absolute Gasteiger partial charge is 0.339 e. The number of nitrogens with two attached hydrogens (primary N) is 1. The van der Waals surface area contributed by atoms with Gasteiger partial charge in [0, 0.05) is 25.9 Å². The van der Waals surface area contributed by atoms with Gasteiger partial charge < -0.3 is 20.1 Å². The summed E-state index contributed by atoms with van der Waals surface area (Å²) in [4.78, 5) is 42.7. The third-order valence-electron chi connectivity index (χ3n) is 7.49. The Balaban J connectivity index is 1.45. The van der Waals surface area contributed by atoms with Crippen LogP contribution in [0, 0.1) is 0 Å². The Labute approximate surface area is 260 Å². The van der Waals surface area contributed by atoms with E-state index in [2.05, 4.69) is 9.97 Å². The largest absolute Gasteiger partial charge is 0.457 e. The topological polar surface area (TPSA) is 127 Å². The van der Waals surface area contributed by atoms with Crippen molar-refractivity contribution in [2.75, 3.05) is 58.6 Å². The maximum absolute atomic E-state index is 14.0. The molecule has 12 heteroatoms. The van der Waals surface area contributed by atoms with E-state index in [0.29, 0.717) is 59.4 Å². The Morgan fingerprint density at radius 2 is 1.69 bits per heavy atom. The van der Waals surface area contributed by atoms with Crippen LogP contribution in [0.2, 0.25) is 0 Å². The van der Waals surface area contributed by atoms with Gasteiger partial charge in [-0.1, -0.05) is 24.3 Å². The van der Waals surface area contributed by atoms with Gasteiger partial charge in [0.1, 0.15) is 36.4 Å². The molecular weight excluding hydrogens is 574 g/mol. The number of amides is 1. The van der Waals surface area contributed by atoms with Crippen LogP contribution in [0.1, 0.15) is 0 Å². The fraction of sp³-hybridized carbons (Fsp3) is 0.212. The predicted octanol–water partition coefficient (Wildman–Crippen LogP) is 4.12. The number of hydrogen-bond acceptors (Lipinski definition) is 8. The molecule has 2 aromatic heterocycles. The first-order chi connectivity index (χ1) is 21.7. The third-order valence-corrected chi connectivity index (χ3v) is 7.49. The minimum atomic E-state index is -0.396. The van der Waals surface area contributed by atoms with Crippen LogP contribution in [0.3, 0.4) is 0 Å². The first-order valence-corrected chi connectivity index (χ1v) is 14.3. The molecule has 12 nitrogen and oxygen atoms in total. The summed E-state index contributed by atoms with van der Waals surface area (Å²) in [6.07, 6.45) is 4.60. The molecule has 45 heavy (non-hydrogen) atoms. The highest BCUT2D eigenvalue weighted by Gasteiger charge is 2.22. The van der Waals surface area contributed by atoms with Crippen LogP contribution >= 0.6 is 0 Å². The summed E-state index contributed by atoms with van der Waals surface area (Å²) >= 11 is 0. The van der Waals surface area contributed by atoms with Crippen LogP contribution in [0.25, 0.3) is 22.5 Å². The quantitative estimate of drug-likeness (QED) is 0.127. The van der Waals surface area contributed by atoms with Gasteiger partial charge in [-0.05, 0) is 60.7 Å². The number of hydrogen-bond donors (Lipinski definition) is 1. The zero-order valence-corrected chi connectivity index (χ0v) is 25.7. The monoisotopic (exact) mass is 610 g/mol. The number of para-hydroxylation sites is 1. The third kappa shape index (κ3) is 6.78. The minimum Gasteiger partial charge on any atom is -0.457 e. The lowest BCUT2D eigenvalue weighted by molar-refractivity contribution is -1.08. The average Bonchev–Trinajstić information content (AvgIpc) is 3.37. The highest BCUT2D eigenvalue weighted by atomic mass is 16.7. The van der Waals surface area contributed by atoms with Crippen LogP contribution in [-0.2, 0) is 14.4 Å². The van der Waals surface area contributed by atoms with Crippen LogP contribution < -0.4 is 21.1 Å². The van der Waals surface area contributed by atoms with E-state index in [1.54, 1.807) is 75.9 Å². The fourth-order valence-corrected chi connectivity index (χ4v) is 4.80. The van der Waals surface area contributed by atoms with Gasteiger partial charge in [-0.2, -0.15) is 4.65 Å². The number of quaternary nitrogens is 1. The molecule has 2 N–H and O–H groups in total. The summed E-state index contributed by atoms with van der Waals surface area (Å²) < 4.78 is 14.3. The molecule has 0 saturated carbocycles. The molecule has 0 aliphatic carbocycles. The van der Waals surface area contributed by atoms with Crippen LogP contribution in [0.15, 0.2) is 102 Å². The van der Waals surface area contributed by atoms with Crippen LogP contribution in [-0.4, -0.2) is 77.7 Å². The fourth-order valence-electron chi connectivity index (χ4n) is 4.80. The van der Waals surface area contributed by atoms with E-state index in [1.807, 2.05) is 37.4 Å². The molecule has 5 rings (SSSR count). The molecule has 0 fully saturated rings. The Kier molecular flexibility index (Phi) is 9.38. The molecule has 0 aliphatic heterocycles. The summed E-state index contributed by atoms with van der Waals surface area (Å²) in [6, 6.07) is 23.6. The van der Waals surface area contributed by atoms with Crippen LogP contribution in [0.4, 0.5) is 11.5 Å². The second-order valence-corrected chi connectivity index (χ2v) is 10.5. The number of nitrogens with zero attached hydrogens (tertiary/aromatic N) is 6. The van der Waals surface area contributed by atoms with Crippen molar-refractivity contribution in [3.05, 3.63) is 108 Å². The molecule has 0 radical (unpaired) electrons. The van der Waals surface area contributed by atoms with E-state index in [-0.39, 0.29) is 16.4 Å². The number of rotatable bonds is 12. The van der Waals surface area contributed by atoms with E-state index < -0.39 is 5.69 Å². The molecule has 1 unspecified atom stereocenters. The maximum Gasteiger partial charge on any atom is 0.339 e. The normalized spacial score (nSPS) is 12.8. The van der Waals surface area contributed by atoms with Crippen molar-refractivity contribution < 1.29 is 23.8 Å². The van der Waals surface area contributed by atoms with Gasteiger partial charge in [-0.25, -0.2) is 24.2 Å². The number of carbonyl (C=O) groups excluding carboxylic acids is 1. The van der Waals surface area contributed by atoms with Crippen molar-refractivity contribution >= 4 is 28.6 Å². The number of anilines is 2. The summed E-state index contributed by atoms with van der Waals surface area (Å²) in [7, 11) is 6.84. The predicted molar refractivity (Wildman–Crippen MR) is 173 cm³/mol. The molecule has 3 aromatic carbocycles. The summed E-state index contributed by atoms with van der Waals surface area (Å²) in [5, 5.41) is 0. The molecule has 0 aliphatic rings. The van der Waals surface area contributed by atoms with Crippen molar-refractivity contribution in [2.45, 2.75) is 0 Å². The van der Waals surface area contributed by atoms with E-state index >= 15 is 0 Å². The van der Waals surface area contributed by atoms with Crippen molar-refractivity contribution in [1.82, 2.24) is 19.1 Å². The van der Waals surface area contributed by atoms with Crippen molar-refractivity contribution in [3.8, 4) is 22.9 Å². The van der Waals surface area contributed by atoms with Gasteiger partial charge >= 0.3 is 5.69 Å². The number of aromatic nitrogens is 4. The highest BCUT2D eigenvalue weighted by Crippen LogP contribution is 2.27. The number of imidazole rings is 1. The van der Waals surface area contributed by atoms with Gasteiger partial charge in [0.05, 0.1) is 32.1 Å². The van der Waals surface area contributed by atoms with Gasteiger partial charge in [-0.15, -0.1) is 0 Å². The molecule has 0 bridgehead atoms. The lowest BCUT2D eigenvalue weighted by Gasteiger charge is -2.28.